The maximum atomic E-state index is 14.1. The molecule has 1 aromatic heterocycles. The fourth-order valence-electron chi connectivity index (χ4n) is 5.07. The van der Waals surface area contributed by atoms with E-state index < -0.39 is 6.04 Å². The zero-order valence-electron chi connectivity index (χ0n) is 20.4. The maximum absolute atomic E-state index is 14.1. The lowest BCUT2D eigenvalue weighted by molar-refractivity contribution is -0.136. The number of carbonyl (C=O) groups is 1. The second-order valence-corrected chi connectivity index (χ2v) is 11.8. The molecule has 6 heteroatoms. The van der Waals surface area contributed by atoms with E-state index in [-0.39, 0.29) is 17.4 Å². The fraction of sp³-hybridized carbons (Fsp3) is 0.310. The summed E-state index contributed by atoms with van der Waals surface area (Å²) in [5, 5.41) is 9.61. The van der Waals surface area contributed by atoms with Gasteiger partial charge in [0.15, 0.2) is 5.11 Å². The van der Waals surface area contributed by atoms with Gasteiger partial charge in [0.2, 0.25) is 5.91 Å². The Morgan fingerprint density at radius 1 is 1.00 bits per heavy atom. The molecular formula is C29H31N3OS2. The van der Waals surface area contributed by atoms with Gasteiger partial charge in [0.25, 0.3) is 0 Å². The van der Waals surface area contributed by atoms with Crippen LogP contribution in [-0.2, 0) is 4.79 Å². The molecule has 1 aliphatic heterocycles. The van der Waals surface area contributed by atoms with Crippen molar-refractivity contribution in [2.24, 2.45) is 5.41 Å². The Hall–Kier alpha value is -2.96. The first kappa shape index (κ1) is 23.8. The van der Waals surface area contributed by atoms with E-state index in [2.05, 4.69) is 78.8 Å². The van der Waals surface area contributed by atoms with E-state index in [0.29, 0.717) is 5.11 Å². The van der Waals surface area contributed by atoms with Crippen LogP contribution in [0.3, 0.4) is 0 Å². The number of para-hydroxylation sites is 1. The van der Waals surface area contributed by atoms with Crippen molar-refractivity contribution in [3.05, 3.63) is 78.4 Å². The summed E-state index contributed by atoms with van der Waals surface area (Å²) in [4.78, 5) is 16.2. The molecule has 35 heavy (non-hydrogen) atoms. The number of nitrogens with zero attached hydrogens (tertiary/aromatic N) is 1. The second kappa shape index (κ2) is 9.59. The molecule has 3 aromatic carbocycles. The van der Waals surface area contributed by atoms with Crippen LogP contribution in [0.2, 0.25) is 0 Å². The number of hydrogen-bond donors (Lipinski definition) is 2. The Labute approximate surface area is 216 Å². The third kappa shape index (κ3) is 4.78. The van der Waals surface area contributed by atoms with Crippen molar-refractivity contribution >= 4 is 60.4 Å². The zero-order valence-corrected chi connectivity index (χ0v) is 22.0. The first-order valence-electron chi connectivity index (χ1n) is 12.2. The molecule has 2 heterocycles. The first-order valence-corrected chi connectivity index (χ1v) is 13.4. The quantitative estimate of drug-likeness (QED) is 0.292. The van der Waals surface area contributed by atoms with E-state index >= 15 is 0 Å². The third-order valence-electron chi connectivity index (χ3n) is 6.75. The molecule has 1 fully saturated rings. The molecule has 0 aliphatic carbocycles. The average molecular weight is 502 g/mol. The minimum Gasteiger partial charge on any atom is -0.350 e. The van der Waals surface area contributed by atoms with Crippen molar-refractivity contribution in [3.63, 3.8) is 0 Å². The number of thiocarbonyl (C=S) groups is 1. The molecule has 0 radical (unpaired) electrons. The Morgan fingerprint density at radius 3 is 2.49 bits per heavy atom. The highest BCUT2D eigenvalue weighted by atomic mass is 32.1. The van der Waals surface area contributed by atoms with Gasteiger partial charge in [-0.05, 0) is 60.3 Å². The van der Waals surface area contributed by atoms with Crippen molar-refractivity contribution < 1.29 is 4.79 Å². The average Bonchev–Trinajstić information content (AvgIpc) is 3.47. The van der Waals surface area contributed by atoms with Gasteiger partial charge in [0, 0.05) is 32.4 Å². The van der Waals surface area contributed by atoms with Crippen LogP contribution in [0, 0.1) is 5.41 Å². The number of benzene rings is 3. The summed E-state index contributed by atoms with van der Waals surface area (Å²) in [6.07, 6.45) is 1.97. The van der Waals surface area contributed by atoms with Gasteiger partial charge in [-0.1, -0.05) is 69.3 Å². The SMILES string of the molecule is CC(C)(C)[C@H](NC(=S)Nc1ccccc1)C(=O)N1CCC[C@@H]1c1cccc2sc3ccccc3c12. The van der Waals surface area contributed by atoms with Crippen LogP contribution >= 0.6 is 23.6 Å². The highest BCUT2D eigenvalue weighted by Gasteiger charge is 2.40. The molecule has 2 atom stereocenters. The molecule has 0 spiro atoms. The summed E-state index contributed by atoms with van der Waals surface area (Å²) in [7, 11) is 0. The highest BCUT2D eigenvalue weighted by molar-refractivity contribution is 7.80. The largest absolute Gasteiger partial charge is 0.350 e. The van der Waals surface area contributed by atoms with Crippen LogP contribution in [0.25, 0.3) is 20.2 Å². The van der Waals surface area contributed by atoms with Gasteiger partial charge in [-0.15, -0.1) is 11.3 Å². The van der Waals surface area contributed by atoms with Crippen molar-refractivity contribution in [1.82, 2.24) is 10.2 Å². The summed E-state index contributed by atoms with van der Waals surface area (Å²) in [6, 6.07) is 24.5. The third-order valence-corrected chi connectivity index (χ3v) is 8.11. The Kier molecular flexibility index (Phi) is 6.51. The summed E-state index contributed by atoms with van der Waals surface area (Å²) in [6.45, 7) is 7.03. The van der Waals surface area contributed by atoms with Crippen LogP contribution in [0.15, 0.2) is 72.8 Å². The molecule has 5 rings (SSSR count). The van der Waals surface area contributed by atoms with Gasteiger partial charge in [-0.2, -0.15) is 0 Å². The van der Waals surface area contributed by atoms with Crippen LogP contribution in [0.1, 0.15) is 45.2 Å². The van der Waals surface area contributed by atoms with Crippen molar-refractivity contribution in [1.29, 1.82) is 0 Å². The van der Waals surface area contributed by atoms with Crippen LogP contribution < -0.4 is 10.6 Å². The van der Waals surface area contributed by atoms with Crippen LogP contribution in [0.5, 0.6) is 0 Å². The summed E-state index contributed by atoms with van der Waals surface area (Å²) >= 11 is 7.43. The minimum atomic E-state index is -0.440. The van der Waals surface area contributed by atoms with E-state index in [0.717, 1.165) is 25.1 Å². The number of likely N-dealkylation sites (tertiary alicyclic amines) is 1. The lowest BCUT2D eigenvalue weighted by Gasteiger charge is -2.36. The van der Waals surface area contributed by atoms with E-state index in [1.807, 2.05) is 41.7 Å². The highest BCUT2D eigenvalue weighted by Crippen LogP contribution is 2.42. The van der Waals surface area contributed by atoms with Crippen molar-refractivity contribution in [2.45, 2.75) is 45.7 Å². The summed E-state index contributed by atoms with van der Waals surface area (Å²) in [5.74, 6) is 0.105. The molecule has 2 N–H and O–H groups in total. The smallest absolute Gasteiger partial charge is 0.246 e. The summed E-state index contributed by atoms with van der Waals surface area (Å²) in [5.41, 5.74) is 1.84. The number of nitrogens with one attached hydrogen (secondary N) is 2. The lowest BCUT2D eigenvalue weighted by Crippen LogP contribution is -2.55. The molecule has 4 nitrogen and oxygen atoms in total. The van der Waals surface area contributed by atoms with E-state index in [1.165, 1.54) is 25.7 Å². The normalized spacial score (nSPS) is 17.0. The van der Waals surface area contributed by atoms with E-state index in [9.17, 15) is 4.79 Å². The molecule has 0 bridgehead atoms. The molecule has 1 amide bonds. The molecule has 0 unspecified atom stereocenters. The van der Waals surface area contributed by atoms with Crippen LogP contribution in [-0.4, -0.2) is 28.5 Å². The monoisotopic (exact) mass is 501 g/mol. The van der Waals surface area contributed by atoms with Gasteiger partial charge >= 0.3 is 0 Å². The van der Waals surface area contributed by atoms with E-state index in [4.69, 9.17) is 12.2 Å². The Balaban J connectivity index is 1.45. The standard InChI is InChI=1S/C29H31N3OS2/c1-29(2,3)26(31-28(34)30-19-11-5-4-6-12-19)27(33)32-18-10-15-22(32)20-14-9-17-24-25(20)21-13-7-8-16-23(21)35-24/h4-9,11-14,16-17,22,26H,10,15,18H2,1-3H3,(H2,30,31,34)/t22-,26-/m1/s1. The predicted octanol–water partition coefficient (Wildman–Crippen LogP) is 7.12. The topological polar surface area (TPSA) is 44.4 Å². The van der Waals surface area contributed by atoms with Crippen LogP contribution in [0.4, 0.5) is 5.69 Å². The first-order chi connectivity index (χ1) is 16.8. The zero-order chi connectivity index (χ0) is 24.6. The van der Waals surface area contributed by atoms with Gasteiger partial charge in [0.05, 0.1) is 6.04 Å². The van der Waals surface area contributed by atoms with Crippen molar-refractivity contribution in [3.8, 4) is 0 Å². The molecule has 0 saturated carbocycles. The van der Waals surface area contributed by atoms with Gasteiger partial charge < -0.3 is 15.5 Å². The molecule has 4 aromatic rings. The summed E-state index contributed by atoms with van der Waals surface area (Å²) < 4.78 is 2.57. The number of hydrogen-bond acceptors (Lipinski definition) is 3. The van der Waals surface area contributed by atoms with Gasteiger partial charge in [0.1, 0.15) is 6.04 Å². The Bertz CT molecular complexity index is 1370. The number of anilines is 1. The van der Waals surface area contributed by atoms with Gasteiger partial charge in [-0.3, -0.25) is 4.79 Å². The fourth-order valence-corrected chi connectivity index (χ4v) is 6.44. The molecular weight excluding hydrogens is 470 g/mol. The maximum Gasteiger partial charge on any atom is 0.246 e. The number of rotatable bonds is 4. The lowest BCUT2D eigenvalue weighted by atomic mass is 9.85. The second-order valence-electron chi connectivity index (χ2n) is 10.3. The number of amides is 1. The number of fused-ring (bicyclic) bond motifs is 3. The van der Waals surface area contributed by atoms with E-state index in [1.54, 1.807) is 0 Å². The molecule has 1 aliphatic rings. The Morgan fingerprint density at radius 2 is 1.71 bits per heavy atom. The number of carbonyl (C=O) groups excluding carboxylic acids is 1. The number of thiophene rings is 1. The van der Waals surface area contributed by atoms with Crippen molar-refractivity contribution in [2.75, 3.05) is 11.9 Å². The predicted molar refractivity (Wildman–Crippen MR) is 152 cm³/mol. The minimum absolute atomic E-state index is 0.0616. The van der Waals surface area contributed by atoms with Gasteiger partial charge in [-0.25, -0.2) is 0 Å². The molecule has 180 valence electrons. The molecule has 1 saturated heterocycles.